The van der Waals surface area contributed by atoms with E-state index in [9.17, 15) is 5.11 Å². The van der Waals surface area contributed by atoms with Crippen molar-refractivity contribution in [2.45, 2.75) is 0 Å². The summed E-state index contributed by atoms with van der Waals surface area (Å²) in [6.07, 6.45) is 3.43. The highest BCUT2D eigenvalue weighted by molar-refractivity contribution is 9.10. The van der Waals surface area contributed by atoms with Gasteiger partial charge in [-0.05, 0) is 34.1 Å². The first-order valence-electron chi connectivity index (χ1n) is 4.41. The zero-order chi connectivity index (χ0) is 10.7. The Labute approximate surface area is 95.9 Å². The lowest BCUT2D eigenvalue weighted by Crippen LogP contribution is -1.90. The molecule has 0 atom stereocenters. The van der Waals surface area contributed by atoms with Crippen molar-refractivity contribution >= 4 is 27.3 Å². The van der Waals surface area contributed by atoms with Crippen LogP contribution in [0.25, 0.3) is 0 Å². The van der Waals surface area contributed by atoms with E-state index in [1.165, 1.54) is 0 Å². The van der Waals surface area contributed by atoms with Crippen LogP contribution >= 0.6 is 15.9 Å². The van der Waals surface area contributed by atoms with Crippen LogP contribution in [0.3, 0.4) is 0 Å². The fourth-order valence-corrected chi connectivity index (χ4v) is 1.60. The Bertz CT molecular complexity index is 430. The summed E-state index contributed by atoms with van der Waals surface area (Å²) >= 11 is 3.34. The summed E-state index contributed by atoms with van der Waals surface area (Å²) in [7, 11) is 0. The number of pyridine rings is 1. The van der Waals surface area contributed by atoms with Crippen LogP contribution in [0, 0.1) is 0 Å². The third-order valence-electron chi connectivity index (χ3n) is 1.84. The summed E-state index contributed by atoms with van der Waals surface area (Å²) in [6.45, 7) is 0. The van der Waals surface area contributed by atoms with Crippen LogP contribution in [0.15, 0.2) is 47.2 Å². The molecular formula is C11H9BrN2O. The molecule has 0 fully saturated rings. The predicted octanol–water partition coefficient (Wildman–Crippen LogP) is 3.29. The molecular weight excluding hydrogens is 256 g/mol. The zero-order valence-electron chi connectivity index (χ0n) is 7.81. The minimum atomic E-state index is 0.239. The number of hydrogen-bond acceptors (Lipinski definition) is 3. The molecule has 0 unspecified atom stereocenters. The van der Waals surface area contributed by atoms with Gasteiger partial charge in [-0.15, -0.1) is 0 Å². The number of halogens is 1. The summed E-state index contributed by atoms with van der Waals surface area (Å²) in [5.41, 5.74) is 1.70. The molecule has 2 rings (SSSR count). The van der Waals surface area contributed by atoms with Gasteiger partial charge in [0.2, 0.25) is 0 Å². The standard InChI is InChI=1S/C11H9BrN2O/c12-8-4-10(7-13-6-8)14-9-2-1-3-11(15)5-9/h1-7,14-15H. The highest BCUT2D eigenvalue weighted by atomic mass is 79.9. The molecule has 0 radical (unpaired) electrons. The predicted molar refractivity (Wildman–Crippen MR) is 63.3 cm³/mol. The number of rotatable bonds is 2. The lowest BCUT2D eigenvalue weighted by atomic mass is 10.3. The number of phenols is 1. The lowest BCUT2D eigenvalue weighted by Gasteiger charge is -2.06. The summed E-state index contributed by atoms with van der Waals surface area (Å²) < 4.78 is 0.910. The molecule has 4 heteroatoms. The number of nitrogens with one attached hydrogen (secondary N) is 1. The van der Waals surface area contributed by atoms with Crippen molar-refractivity contribution in [2.24, 2.45) is 0 Å². The van der Waals surface area contributed by atoms with Crippen LogP contribution in [0.5, 0.6) is 5.75 Å². The normalized spacial score (nSPS) is 9.93. The number of benzene rings is 1. The van der Waals surface area contributed by atoms with Crippen molar-refractivity contribution < 1.29 is 5.11 Å². The van der Waals surface area contributed by atoms with Crippen LogP contribution in [0.4, 0.5) is 11.4 Å². The average molecular weight is 265 g/mol. The summed E-state index contributed by atoms with van der Waals surface area (Å²) in [5.74, 6) is 0.239. The van der Waals surface area contributed by atoms with Gasteiger partial charge in [0.25, 0.3) is 0 Å². The van der Waals surface area contributed by atoms with E-state index in [0.29, 0.717) is 0 Å². The highest BCUT2D eigenvalue weighted by Gasteiger charge is 1.96. The maximum atomic E-state index is 9.28. The molecule has 1 heterocycles. The molecule has 0 saturated heterocycles. The summed E-state index contributed by atoms with van der Waals surface area (Å²) in [4.78, 5) is 4.03. The van der Waals surface area contributed by atoms with Crippen molar-refractivity contribution in [3.8, 4) is 5.75 Å². The van der Waals surface area contributed by atoms with Gasteiger partial charge in [-0.3, -0.25) is 4.98 Å². The Hall–Kier alpha value is -1.55. The molecule has 0 spiro atoms. The molecule has 3 nitrogen and oxygen atoms in total. The van der Waals surface area contributed by atoms with Gasteiger partial charge < -0.3 is 10.4 Å². The summed E-state index contributed by atoms with van der Waals surface area (Å²) in [5, 5.41) is 12.4. The molecule has 1 aromatic heterocycles. The van der Waals surface area contributed by atoms with Crippen LogP contribution in [-0.2, 0) is 0 Å². The lowest BCUT2D eigenvalue weighted by molar-refractivity contribution is 0.475. The maximum absolute atomic E-state index is 9.28. The van der Waals surface area contributed by atoms with E-state index >= 15 is 0 Å². The van der Waals surface area contributed by atoms with Crippen LogP contribution in [0.2, 0.25) is 0 Å². The maximum Gasteiger partial charge on any atom is 0.117 e. The molecule has 0 aliphatic heterocycles. The van der Waals surface area contributed by atoms with Crippen molar-refractivity contribution in [3.63, 3.8) is 0 Å². The Morgan fingerprint density at radius 1 is 1.13 bits per heavy atom. The number of nitrogens with zero attached hydrogens (tertiary/aromatic N) is 1. The molecule has 2 aromatic rings. The highest BCUT2D eigenvalue weighted by Crippen LogP contribution is 2.21. The van der Waals surface area contributed by atoms with Gasteiger partial charge in [-0.2, -0.15) is 0 Å². The van der Waals surface area contributed by atoms with Gasteiger partial charge >= 0.3 is 0 Å². The minimum absolute atomic E-state index is 0.239. The van der Waals surface area contributed by atoms with Crippen molar-refractivity contribution in [1.82, 2.24) is 4.98 Å². The quantitative estimate of drug-likeness (QED) is 0.875. The molecule has 2 N–H and O–H groups in total. The Kier molecular flexibility index (Phi) is 2.87. The number of aromatic nitrogens is 1. The largest absolute Gasteiger partial charge is 0.508 e. The van der Waals surface area contributed by atoms with Crippen LogP contribution in [-0.4, -0.2) is 10.1 Å². The fraction of sp³-hybridized carbons (Fsp3) is 0. The SMILES string of the molecule is Oc1cccc(Nc2cncc(Br)c2)c1. The fourth-order valence-electron chi connectivity index (χ4n) is 1.23. The Balaban J connectivity index is 2.22. The van der Waals surface area contributed by atoms with Gasteiger partial charge in [0.1, 0.15) is 5.75 Å². The first-order chi connectivity index (χ1) is 7.24. The van der Waals surface area contributed by atoms with Gasteiger partial charge in [-0.25, -0.2) is 0 Å². The van der Waals surface area contributed by atoms with E-state index in [0.717, 1.165) is 15.8 Å². The third-order valence-corrected chi connectivity index (χ3v) is 2.27. The number of hydrogen-bond donors (Lipinski definition) is 2. The van der Waals surface area contributed by atoms with Crippen LogP contribution in [0.1, 0.15) is 0 Å². The minimum Gasteiger partial charge on any atom is -0.508 e. The second-order valence-electron chi connectivity index (χ2n) is 3.07. The second kappa shape index (κ2) is 4.31. The van der Waals surface area contributed by atoms with E-state index in [1.54, 1.807) is 30.6 Å². The van der Waals surface area contributed by atoms with E-state index in [2.05, 4.69) is 26.2 Å². The molecule has 0 saturated carbocycles. The Morgan fingerprint density at radius 3 is 2.73 bits per heavy atom. The van der Waals surface area contributed by atoms with Crippen LogP contribution < -0.4 is 5.32 Å². The smallest absolute Gasteiger partial charge is 0.117 e. The van der Waals surface area contributed by atoms with Crippen molar-refractivity contribution in [2.75, 3.05) is 5.32 Å². The number of phenolic OH excluding ortho intramolecular Hbond substituents is 1. The summed E-state index contributed by atoms with van der Waals surface area (Å²) in [6, 6.07) is 8.85. The van der Waals surface area contributed by atoms with E-state index < -0.39 is 0 Å². The van der Waals surface area contributed by atoms with Crippen molar-refractivity contribution in [1.29, 1.82) is 0 Å². The molecule has 0 aliphatic rings. The molecule has 76 valence electrons. The molecule has 0 amide bonds. The molecule has 0 bridgehead atoms. The third kappa shape index (κ3) is 2.70. The monoisotopic (exact) mass is 264 g/mol. The average Bonchev–Trinajstić information content (AvgIpc) is 2.17. The first kappa shape index (κ1) is 9.98. The van der Waals surface area contributed by atoms with Gasteiger partial charge in [0.05, 0.1) is 11.9 Å². The van der Waals surface area contributed by atoms with Gasteiger partial charge in [0.15, 0.2) is 0 Å². The number of aromatic hydroxyl groups is 1. The topological polar surface area (TPSA) is 45.1 Å². The molecule has 1 aromatic carbocycles. The second-order valence-corrected chi connectivity index (χ2v) is 3.98. The molecule has 15 heavy (non-hydrogen) atoms. The van der Waals surface area contributed by atoms with E-state index in [4.69, 9.17) is 0 Å². The van der Waals surface area contributed by atoms with Crippen molar-refractivity contribution in [3.05, 3.63) is 47.2 Å². The van der Waals surface area contributed by atoms with E-state index in [-0.39, 0.29) is 5.75 Å². The Morgan fingerprint density at radius 2 is 2.00 bits per heavy atom. The number of anilines is 2. The van der Waals surface area contributed by atoms with E-state index in [1.807, 2.05) is 12.1 Å². The zero-order valence-corrected chi connectivity index (χ0v) is 9.40. The van der Waals surface area contributed by atoms with Gasteiger partial charge in [0, 0.05) is 22.4 Å². The first-order valence-corrected chi connectivity index (χ1v) is 5.20. The van der Waals surface area contributed by atoms with Gasteiger partial charge in [-0.1, -0.05) is 6.07 Å². The molecule has 0 aliphatic carbocycles.